The molecule has 4 nitrogen and oxygen atoms in total. The van der Waals surface area contributed by atoms with Gasteiger partial charge >= 0.3 is 5.97 Å². The number of carbonyl (C=O) groups is 2. The maximum atomic E-state index is 12.9. The number of fused-ring (bicyclic) bond motifs is 1. The van der Waals surface area contributed by atoms with Crippen LogP contribution in [-0.2, 0) is 14.3 Å². The van der Waals surface area contributed by atoms with Crippen molar-refractivity contribution >= 4 is 29.3 Å². The molecule has 2 aromatic carbocycles. The molecule has 2 aromatic rings. The van der Waals surface area contributed by atoms with Gasteiger partial charge in [0, 0.05) is 10.6 Å². The standard InChI is InChI=1S/C20H21NO3S/c1-14(2)20(23)24-12-19(22)21-16-10-6-7-11-18(16)25-13-17(21)15-8-4-3-5-9-15/h3-11,14,17H,12-13H2,1-2H3/t17-/m1/s1. The van der Waals surface area contributed by atoms with Crippen LogP contribution in [-0.4, -0.2) is 24.2 Å². The van der Waals surface area contributed by atoms with Gasteiger partial charge in [-0.1, -0.05) is 56.3 Å². The summed E-state index contributed by atoms with van der Waals surface area (Å²) in [4.78, 5) is 27.5. The molecule has 25 heavy (non-hydrogen) atoms. The van der Waals surface area contributed by atoms with Crippen LogP contribution in [0.2, 0.25) is 0 Å². The minimum atomic E-state index is -0.357. The zero-order valence-electron chi connectivity index (χ0n) is 14.3. The Labute approximate surface area is 152 Å². The Balaban J connectivity index is 1.89. The Morgan fingerprint density at radius 2 is 1.80 bits per heavy atom. The molecule has 3 rings (SSSR count). The maximum Gasteiger partial charge on any atom is 0.308 e. The number of ether oxygens (including phenoxy) is 1. The van der Waals surface area contributed by atoms with Gasteiger partial charge in [-0.15, -0.1) is 11.8 Å². The minimum Gasteiger partial charge on any atom is -0.455 e. The summed E-state index contributed by atoms with van der Waals surface area (Å²) >= 11 is 1.74. The van der Waals surface area contributed by atoms with Crippen LogP contribution in [0.15, 0.2) is 59.5 Å². The monoisotopic (exact) mass is 355 g/mol. The van der Waals surface area contributed by atoms with Crippen LogP contribution >= 0.6 is 11.8 Å². The Hall–Kier alpha value is -2.27. The fourth-order valence-corrected chi connectivity index (χ4v) is 3.96. The van der Waals surface area contributed by atoms with Gasteiger partial charge in [0.1, 0.15) is 0 Å². The van der Waals surface area contributed by atoms with E-state index >= 15 is 0 Å². The van der Waals surface area contributed by atoms with Gasteiger partial charge in [0.15, 0.2) is 6.61 Å². The largest absolute Gasteiger partial charge is 0.455 e. The van der Waals surface area contributed by atoms with Crippen molar-refractivity contribution in [2.45, 2.75) is 24.8 Å². The summed E-state index contributed by atoms with van der Waals surface area (Å²) in [5.74, 6) is -0.0351. The van der Waals surface area contributed by atoms with Crippen LogP contribution < -0.4 is 4.90 Å². The van der Waals surface area contributed by atoms with E-state index in [9.17, 15) is 9.59 Å². The van der Waals surface area contributed by atoms with Crippen LogP contribution in [0.5, 0.6) is 0 Å². The molecule has 1 atom stereocenters. The third-order valence-corrected chi connectivity index (χ3v) is 5.23. The van der Waals surface area contributed by atoms with E-state index in [1.54, 1.807) is 30.5 Å². The highest BCUT2D eigenvalue weighted by molar-refractivity contribution is 7.99. The third kappa shape index (κ3) is 3.87. The second kappa shape index (κ2) is 7.74. The van der Waals surface area contributed by atoms with Gasteiger partial charge in [0.2, 0.25) is 0 Å². The van der Waals surface area contributed by atoms with Crippen molar-refractivity contribution < 1.29 is 14.3 Å². The maximum absolute atomic E-state index is 12.9. The molecule has 130 valence electrons. The molecule has 1 aliphatic heterocycles. The first-order valence-electron chi connectivity index (χ1n) is 8.33. The van der Waals surface area contributed by atoms with Crippen LogP contribution in [0.1, 0.15) is 25.5 Å². The number of amides is 1. The quantitative estimate of drug-likeness (QED) is 0.776. The van der Waals surface area contributed by atoms with E-state index in [2.05, 4.69) is 0 Å². The number of thioether (sulfide) groups is 1. The SMILES string of the molecule is CC(C)C(=O)OCC(=O)N1c2ccccc2SC[C@@H]1c1ccccc1. The average Bonchev–Trinajstić information content (AvgIpc) is 2.65. The van der Waals surface area contributed by atoms with E-state index < -0.39 is 0 Å². The molecule has 0 unspecified atom stereocenters. The first-order chi connectivity index (χ1) is 12.1. The molecule has 0 aromatic heterocycles. The molecule has 0 radical (unpaired) electrons. The van der Waals surface area contributed by atoms with Crippen LogP contribution in [0, 0.1) is 5.92 Å². The lowest BCUT2D eigenvalue weighted by molar-refractivity contribution is -0.151. The number of esters is 1. The molecule has 0 bridgehead atoms. The number of hydrogen-bond donors (Lipinski definition) is 0. The van der Waals surface area contributed by atoms with Crippen LogP contribution in [0.4, 0.5) is 5.69 Å². The van der Waals surface area contributed by atoms with Gasteiger partial charge in [0.05, 0.1) is 17.6 Å². The summed E-state index contributed by atoms with van der Waals surface area (Å²) in [6.45, 7) is 3.28. The number of anilines is 1. The zero-order chi connectivity index (χ0) is 17.8. The first kappa shape index (κ1) is 17.5. The number of hydrogen-bond acceptors (Lipinski definition) is 4. The van der Waals surface area contributed by atoms with Crippen molar-refractivity contribution in [3.8, 4) is 0 Å². The molecule has 1 heterocycles. The molecule has 5 heteroatoms. The smallest absolute Gasteiger partial charge is 0.308 e. The van der Waals surface area contributed by atoms with Crippen molar-refractivity contribution in [3.63, 3.8) is 0 Å². The lowest BCUT2D eigenvalue weighted by Crippen LogP contribution is -2.41. The number of carbonyl (C=O) groups excluding carboxylic acids is 2. The summed E-state index contributed by atoms with van der Waals surface area (Å²) in [5, 5.41) is 0. The molecule has 1 amide bonds. The summed E-state index contributed by atoms with van der Waals surface area (Å²) < 4.78 is 5.18. The highest BCUT2D eigenvalue weighted by Crippen LogP contribution is 2.43. The highest BCUT2D eigenvalue weighted by atomic mass is 32.2. The van der Waals surface area contributed by atoms with Gasteiger partial charge in [-0.05, 0) is 17.7 Å². The molecular formula is C20H21NO3S. The van der Waals surface area contributed by atoms with Gasteiger partial charge in [-0.3, -0.25) is 14.5 Å². The average molecular weight is 355 g/mol. The van der Waals surface area contributed by atoms with E-state index in [0.717, 1.165) is 21.9 Å². The Bertz CT molecular complexity index is 761. The fourth-order valence-electron chi connectivity index (χ4n) is 2.79. The summed E-state index contributed by atoms with van der Waals surface area (Å²) in [7, 11) is 0. The fraction of sp³-hybridized carbons (Fsp3) is 0.300. The molecule has 0 aliphatic carbocycles. The van der Waals surface area contributed by atoms with Gasteiger partial charge < -0.3 is 4.74 Å². The van der Waals surface area contributed by atoms with Gasteiger partial charge in [-0.25, -0.2) is 0 Å². The molecule has 0 spiro atoms. The van der Waals surface area contributed by atoms with Crippen molar-refractivity contribution in [2.24, 2.45) is 5.92 Å². The summed E-state index contributed by atoms with van der Waals surface area (Å²) in [6.07, 6.45) is 0. The number of benzene rings is 2. The molecule has 1 aliphatic rings. The van der Waals surface area contributed by atoms with E-state index in [4.69, 9.17) is 4.74 Å². The topological polar surface area (TPSA) is 46.6 Å². The third-order valence-electron chi connectivity index (χ3n) is 4.10. The van der Waals surface area contributed by atoms with E-state index in [1.165, 1.54) is 0 Å². The van der Waals surface area contributed by atoms with Crippen molar-refractivity contribution in [3.05, 3.63) is 60.2 Å². The first-order valence-corrected chi connectivity index (χ1v) is 9.32. The molecule has 0 fully saturated rings. The molecule has 0 saturated heterocycles. The predicted molar refractivity (Wildman–Crippen MR) is 99.6 cm³/mol. The second-order valence-electron chi connectivity index (χ2n) is 6.23. The van der Waals surface area contributed by atoms with E-state index in [0.29, 0.717) is 0 Å². The lowest BCUT2D eigenvalue weighted by Gasteiger charge is -2.37. The Morgan fingerprint density at radius 1 is 1.12 bits per heavy atom. The van der Waals surface area contributed by atoms with Crippen molar-refractivity contribution in [1.29, 1.82) is 0 Å². The summed E-state index contributed by atoms with van der Waals surface area (Å²) in [5.41, 5.74) is 1.95. The zero-order valence-corrected chi connectivity index (χ0v) is 15.2. The molecule has 0 saturated carbocycles. The minimum absolute atomic E-state index is 0.0775. The van der Waals surface area contributed by atoms with Crippen molar-refractivity contribution in [2.75, 3.05) is 17.3 Å². The lowest BCUT2D eigenvalue weighted by atomic mass is 10.1. The van der Waals surface area contributed by atoms with Gasteiger partial charge in [0.25, 0.3) is 5.91 Å². The highest BCUT2D eigenvalue weighted by Gasteiger charge is 2.32. The van der Waals surface area contributed by atoms with Crippen molar-refractivity contribution in [1.82, 2.24) is 0 Å². The second-order valence-corrected chi connectivity index (χ2v) is 7.29. The van der Waals surface area contributed by atoms with E-state index in [-0.39, 0.29) is 30.4 Å². The Kier molecular flexibility index (Phi) is 5.43. The molecular weight excluding hydrogens is 334 g/mol. The number of rotatable bonds is 4. The normalized spacial score (nSPS) is 16.4. The molecule has 0 N–H and O–H groups in total. The predicted octanol–water partition coefficient (Wildman–Crippen LogP) is 4.07. The Morgan fingerprint density at radius 3 is 2.52 bits per heavy atom. The van der Waals surface area contributed by atoms with Gasteiger partial charge in [-0.2, -0.15) is 0 Å². The number of para-hydroxylation sites is 1. The number of nitrogens with zero attached hydrogens (tertiary/aromatic N) is 1. The summed E-state index contributed by atoms with van der Waals surface area (Å²) in [6, 6.07) is 17.7. The van der Waals surface area contributed by atoms with Crippen LogP contribution in [0.25, 0.3) is 0 Å². The van der Waals surface area contributed by atoms with Crippen LogP contribution in [0.3, 0.4) is 0 Å². The van der Waals surface area contributed by atoms with E-state index in [1.807, 2.05) is 54.6 Å².